The van der Waals surface area contributed by atoms with Crippen LogP contribution < -0.4 is 5.56 Å². The van der Waals surface area contributed by atoms with Gasteiger partial charge in [0.15, 0.2) is 6.61 Å². The number of rotatable bonds is 3. The number of nitrogens with zero attached hydrogens (tertiary/aromatic N) is 1. The molecule has 0 saturated carbocycles. The molecule has 2 rings (SSSR count). The molecule has 0 aliphatic rings. The molecule has 2 aromatic rings. The molecule has 0 atom stereocenters. The van der Waals surface area contributed by atoms with Crippen molar-refractivity contribution in [3.63, 3.8) is 0 Å². The molecule has 2 heterocycles. The van der Waals surface area contributed by atoms with E-state index in [9.17, 15) is 9.59 Å². The summed E-state index contributed by atoms with van der Waals surface area (Å²) in [6.07, 6.45) is 3.01. The number of pyridine rings is 1. The first-order valence-electron chi connectivity index (χ1n) is 5.34. The van der Waals surface area contributed by atoms with Crippen LogP contribution in [0.1, 0.15) is 27.6 Å². The van der Waals surface area contributed by atoms with Gasteiger partial charge in [-0.1, -0.05) is 0 Å². The molecule has 0 spiro atoms. The van der Waals surface area contributed by atoms with Crippen molar-refractivity contribution in [2.75, 3.05) is 0 Å². The topological polar surface area (TPSA) is 85.2 Å². The largest absolute Gasteiger partial charge is 0.452 e. The first-order valence-corrected chi connectivity index (χ1v) is 5.34. The molecule has 2 aromatic heterocycles. The molecule has 0 aliphatic heterocycles. The van der Waals surface area contributed by atoms with E-state index in [2.05, 4.69) is 9.97 Å². The van der Waals surface area contributed by atoms with Gasteiger partial charge in [0.25, 0.3) is 5.56 Å². The van der Waals surface area contributed by atoms with Crippen molar-refractivity contribution in [1.82, 2.24) is 9.97 Å². The van der Waals surface area contributed by atoms with Crippen molar-refractivity contribution in [3.8, 4) is 0 Å². The Morgan fingerprint density at radius 3 is 2.89 bits per heavy atom. The number of H-pyrrole nitrogens is 1. The molecule has 94 valence electrons. The second-order valence-electron chi connectivity index (χ2n) is 3.81. The van der Waals surface area contributed by atoms with Crippen LogP contribution in [0.4, 0.5) is 0 Å². The van der Waals surface area contributed by atoms with Gasteiger partial charge in [-0.2, -0.15) is 0 Å². The molecule has 0 amide bonds. The fraction of sp³-hybridized carbons (Fsp3) is 0.250. The van der Waals surface area contributed by atoms with Gasteiger partial charge in [0.1, 0.15) is 11.3 Å². The van der Waals surface area contributed by atoms with Crippen molar-refractivity contribution < 1.29 is 13.9 Å². The van der Waals surface area contributed by atoms with Crippen LogP contribution in [0.15, 0.2) is 27.7 Å². The minimum absolute atomic E-state index is 0.000720. The Morgan fingerprint density at radius 1 is 1.50 bits per heavy atom. The molecular weight excluding hydrogens is 236 g/mol. The third-order valence-electron chi connectivity index (χ3n) is 2.37. The number of aryl methyl sites for hydroxylation is 2. The van der Waals surface area contributed by atoms with E-state index in [0.717, 1.165) is 0 Å². The van der Waals surface area contributed by atoms with Gasteiger partial charge in [0.05, 0.1) is 6.20 Å². The predicted octanol–water partition coefficient (Wildman–Crippen LogP) is 1.34. The summed E-state index contributed by atoms with van der Waals surface area (Å²) in [6, 6.07) is 1.63. The number of oxazole rings is 1. The Morgan fingerprint density at radius 2 is 2.28 bits per heavy atom. The highest BCUT2D eigenvalue weighted by molar-refractivity contribution is 5.90. The van der Waals surface area contributed by atoms with Crippen LogP contribution in [0.3, 0.4) is 0 Å². The average molecular weight is 248 g/mol. The third-order valence-corrected chi connectivity index (χ3v) is 2.37. The van der Waals surface area contributed by atoms with E-state index in [-0.39, 0.29) is 12.2 Å². The van der Waals surface area contributed by atoms with Crippen LogP contribution in [0.5, 0.6) is 0 Å². The number of aromatic nitrogens is 2. The lowest BCUT2D eigenvalue weighted by Crippen LogP contribution is -2.20. The van der Waals surface area contributed by atoms with Crippen LogP contribution in [-0.2, 0) is 11.3 Å². The predicted molar refractivity (Wildman–Crippen MR) is 62.2 cm³/mol. The molecular formula is C12H12N2O4. The van der Waals surface area contributed by atoms with E-state index in [1.165, 1.54) is 12.4 Å². The van der Waals surface area contributed by atoms with Gasteiger partial charge < -0.3 is 14.1 Å². The minimum Gasteiger partial charge on any atom is -0.452 e. The molecule has 0 fully saturated rings. The molecule has 6 nitrogen and oxygen atoms in total. The highest BCUT2D eigenvalue weighted by Gasteiger charge is 2.15. The van der Waals surface area contributed by atoms with E-state index in [4.69, 9.17) is 9.15 Å². The summed E-state index contributed by atoms with van der Waals surface area (Å²) in [5.74, 6) is 0.242. The van der Waals surface area contributed by atoms with Crippen LogP contribution >= 0.6 is 0 Å². The Bertz CT molecular complexity index is 627. The Balaban J connectivity index is 2.11. The van der Waals surface area contributed by atoms with Crippen molar-refractivity contribution in [2.45, 2.75) is 20.5 Å². The van der Waals surface area contributed by atoms with Crippen molar-refractivity contribution in [1.29, 1.82) is 0 Å². The van der Waals surface area contributed by atoms with E-state index >= 15 is 0 Å². The lowest BCUT2D eigenvalue weighted by molar-refractivity contribution is 0.0434. The maximum atomic E-state index is 11.8. The summed E-state index contributed by atoms with van der Waals surface area (Å²) in [4.78, 5) is 29.6. The molecule has 1 N–H and O–H groups in total. The first kappa shape index (κ1) is 12.1. The Hall–Kier alpha value is -2.37. The molecule has 0 bridgehead atoms. The van der Waals surface area contributed by atoms with Gasteiger partial charge in [0, 0.05) is 6.20 Å². The number of ether oxygens (including phenoxy) is 1. The molecule has 18 heavy (non-hydrogen) atoms. The monoisotopic (exact) mass is 248 g/mol. The van der Waals surface area contributed by atoms with E-state index in [1.807, 2.05) is 0 Å². The zero-order chi connectivity index (χ0) is 13.1. The van der Waals surface area contributed by atoms with E-state index in [0.29, 0.717) is 17.2 Å². The van der Waals surface area contributed by atoms with Crippen molar-refractivity contribution in [3.05, 3.63) is 51.6 Å². The van der Waals surface area contributed by atoms with Gasteiger partial charge >= 0.3 is 5.97 Å². The van der Waals surface area contributed by atoms with Gasteiger partial charge in [0.2, 0.25) is 5.89 Å². The zero-order valence-corrected chi connectivity index (χ0v) is 10.0. The van der Waals surface area contributed by atoms with Gasteiger partial charge in [-0.3, -0.25) is 4.79 Å². The zero-order valence-electron chi connectivity index (χ0n) is 10.0. The highest BCUT2D eigenvalue weighted by atomic mass is 16.5. The normalized spacial score (nSPS) is 10.3. The van der Waals surface area contributed by atoms with Crippen molar-refractivity contribution >= 4 is 5.97 Å². The molecule has 0 radical (unpaired) electrons. The van der Waals surface area contributed by atoms with Crippen LogP contribution in [0.25, 0.3) is 0 Å². The number of hydrogen-bond acceptors (Lipinski definition) is 5. The van der Waals surface area contributed by atoms with Crippen LogP contribution in [-0.4, -0.2) is 15.9 Å². The molecule has 0 saturated heterocycles. The van der Waals surface area contributed by atoms with Gasteiger partial charge in [-0.05, 0) is 25.5 Å². The highest BCUT2D eigenvalue weighted by Crippen LogP contribution is 2.07. The number of esters is 1. The standard InChI is InChI=1S/C12H12N2O4/c1-7-3-4-13-11(15)10(7)12(16)17-6-9-14-5-8(2)18-9/h3-5H,6H2,1-2H3,(H,13,15). The number of hydrogen-bond donors (Lipinski definition) is 1. The summed E-state index contributed by atoms with van der Waals surface area (Å²) in [5, 5.41) is 0. The van der Waals surface area contributed by atoms with Crippen molar-refractivity contribution in [2.24, 2.45) is 0 Å². The minimum atomic E-state index is -0.690. The Kier molecular flexibility index (Phi) is 3.27. The van der Waals surface area contributed by atoms with Gasteiger partial charge in [-0.25, -0.2) is 9.78 Å². The summed E-state index contributed by atoms with van der Waals surface area (Å²) >= 11 is 0. The summed E-state index contributed by atoms with van der Waals surface area (Å²) in [5.41, 5.74) is 0.0942. The smallest absolute Gasteiger partial charge is 0.344 e. The molecule has 0 aliphatic carbocycles. The van der Waals surface area contributed by atoms with Crippen LogP contribution in [0, 0.1) is 13.8 Å². The summed E-state index contributed by atoms with van der Waals surface area (Å²) in [7, 11) is 0. The first-order chi connectivity index (χ1) is 8.58. The molecule has 6 heteroatoms. The number of aromatic amines is 1. The SMILES string of the molecule is Cc1cnc(COC(=O)c2c(C)cc[nH]c2=O)o1. The number of carbonyl (C=O) groups excluding carboxylic acids is 1. The third kappa shape index (κ3) is 2.48. The lowest BCUT2D eigenvalue weighted by atomic mass is 10.1. The van der Waals surface area contributed by atoms with E-state index in [1.54, 1.807) is 19.9 Å². The maximum absolute atomic E-state index is 11.8. The number of carbonyl (C=O) groups is 1. The molecule has 0 aromatic carbocycles. The second-order valence-corrected chi connectivity index (χ2v) is 3.81. The Labute approximate surface area is 103 Å². The van der Waals surface area contributed by atoms with Crippen LogP contribution in [0.2, 0.25) is 0 Å². The fourth-order valence-electron chi connectivity index (χ4n) is 1.50. The average Bonchev–Trinajstić information content (AvgIpc) is 2.72. The number of nitrogens with one attached hydrogen (secondary N) is 1. The maximum Gasteiger partial charge on any atom is 0.344 e. The van der Waals surface area contributed by atoms with Gasteiger partial charge in [-0.15, -0.1) is 0 Å². The summed E-state index contributed by atoms with van der Waals surface area (Å²) < 4.78 is 10.1. The molecule has 0 unspecified atom stereocenters. The fourth-order valence-corrected chi connectivity index (χ4v) is 1.50. The second kappa shape index (κ2) is 4.87. The lowest BCUT2D eigenvalue weighted by Gasteiger charge is -2.03. The quantitative estimate of drug-likeness (QED) is 0.828. The summed E-state index contributed by atoms with van der Waals surface area (Å²) in [6.45, 7) is 3.31. The van der Waals surface area contributed by atoms with E-state index < -0.39 is 11.5 Å².